The molecule has 38 heavy (non-hydrogen) atoms. The Morgan fingerprint density at radius 2 is 1.66 bits per heavy atom. The van der Waals surface area contributed by atoms with Crippen molar-refractivity contribution in [2.75, 3.05) is 22.9 Å². The van der Waals surface area contributed by atoms with Gasteiger partial charge >= 0.3 is 0 Å². The van der Waals surface area contributed by atoms with E-state index in [1.807, 2.05) is 30.5 Å². The summed E-state index contributed by atoms with van der Waals surface area (Å²) in [5.74, 6) is -0.226. The lowest BCUT2D eigenvalue weighted by Gasteiger charge is -2.28. The lowest BCUT2D eigenvalue weighted by atomic mass is 9.96. The Morgan fingerprint density at radius 1 is 0.947 bits per heavy atom. The van der Waals surface area contributed by atoms with Gasteiger partial charge in [-0.15, -0.1) is 0 Å². The fourth-order valence-electron chi connectivity index (χ4n) is 5.61. The molecule has 0 saturated carbocycles. The lowest BCUT2D eigenvalue weighted by Crippen LogP contribution is -2.29. The van der Waals surface area contributed by atoms with E-state index in [0.717, 1.165) is 47.1 Å². The third kappa shape index (κ3) is 4.56. The van der Waals surface area contributed by atoms with E-state index in [1.165, 1.54) is 11.8 Å². The van der Waals surface area contributed by atoms with Gasteiger partial charge in [-0.2, -0.15) is 0 Å². The maximum atomic E-state index is 14.2. The van der Waals surface area contributed by atoms with Gasteiger partial charge in [-0.25, -0.2) is 4.39 Å². The minimum Gasteiger partial charge on any atom is -0.372 e. The molecule has 0 radical (unpaired) electrons. The van der Waals surface area contributed by atoms with Crippen molar-refractivity contribution in [2.24, 2.45) is 0 Å². The van der Waals surface area contributed by atoms with Crippen LogP contribution in [0.25, 0.3) is 5.69 Å². The zero-order valence-corrected chi connectivity index (χ0v) is 23.4. The zero-order valence-electron chi connectivity index (χ0n) is 22.6. The molecule has 2 aromatic carbocycles. The van der Waals surface area contributed by atoms with E-state index >= 15 is 0 Å². The van der Waals surface area contributed by atoms with Crippen LogP contribution in [0.5, 0.6) is 0 Å². The van der Waals surface area contributed by atoms with Crippen molar-refractivity contribution in [3.8, 4) is 5.69 Å². The number of benzene rings is 2. The summed E-state index contributed by atoms with van der Waals surface area (Å²) >= 11 is 5.87. The number of pyridine rings is 1. The molecule has 0 spiro atoms. The Hall–Kier alpha value is -3.71. The van der Waals surface area contributed by atoms with Crippen LogP contribution in [0.4, 0.5) is 15.8 Å². The lowest BCUT2D eigenvalue weighted by molar-refractivity contribution is 0.564. The maximum absolute atomic E-state index is 14.2. The molecular weight excluding hydrogens is 493 g/mol. The van der Waals surface area contributed by atoms with Crippen LogP contribution in [-0.2, 0) is 0 Å². The Kier molecular flexibility index (Phi) is 7.21. The van der Waals surface area contributed by atoms with Crippen molar-refractivity contribution >= 4 is 28.7 Å². The summed E-state index contributed by atoms with van der Waals surface area (Å²) in [4.78, 5) is 9.12. The minimum atomic E-state index is -0.226. The summed E-state index contributed by atoms with van der Waals surface area (Å²) in [5.41, 5.74) is 8.13. The number of nitrogens with zero attached hydrogens (tertiary/aromatic N) is 4. The normalized spacial score (nSPS) is 17.1. The molecule has 1 N–H and O–H groups in total. The predicted molar refractivity (Wildman–Crippen MR) is 158 cm³/mol. The molecule has 1 aliphatic heterocycles. The molecule has 5 nitrogen and oxygen atoms in total. The molecule has 0 bridgehead atoms. The fraction of sp³-hybridized carbons (Fsp3) is 0.290. The highest BCUT2D eigenvalue weighted by Gasteiger charge is 2.42. The van der Waals surface area contributed by atoms with E-state index in [1.54, 1.807) is 13.0 Å². The van der Waals surface area contributed by atoms with Gasteiger partial charge in [0.15, 0.2) is 5.11 Å². The number of aryl methyl sites for hydroxylation is 2. The second kappa shape index (κ2) is 10.6. The molecule has 1 fully saturated rings. The molecule has 5 rings (SSSR count). The van der Waals surface area contributed by atoms with Crippen LogP contribution in [0, 0.1) is 26.6 Å². The number of halogens is 1. The Labute approximate surface area is 229 Å². The number of thiocarbonyl (C=S) groups is 1. The highest BCUT2D eigenvalue weighted by molar-refractivity contribution is 7.80. The van der Waals surface area contributed by atoms with Crippen LogP contribution in [0.15, 0.2) is 72.9 Å². The number of aromatic nitrogens is 2. The largest absolute Gasteiger partial charge is 0.372 e. The summed E-state index contributed by atoms with van der Waals surface area (Å²) in [6.45, 7) is 12.4. The third-order valence-electron chi connectivity index (χ3n) is 7.54. The Morgan fingerprint density at radius 3 is 2.29 bits per heavy atom. The predicted octanol–water partition coefficient (Wildman–Crippen LogP) is 6.96. The summed E-state index contributed by atoms with van der Waals surface area (Å²) in [7, 11) is 0. The van der Waals surface area contributed by atoms with Gasteiger partial charge in [-0.3, -0.25) is 4.98 Å². The second-order valence-electron chi connectivity index (χ2n) is 9.78. The number of nitrogens with one attached hydrogen (secondary N) is 1. The molecule has 3 heterocycles. The third-order valence-corrected chi connectivity index (χ3v) is 7.86. The van der Waals surface area contributed by atoms with Crippen LogP contribution < -0.4 is 15.1 Å². The molecule has 196 valence electrons. The van der Waals surface area contributed by atoms with E-state index in [0.29, 0.717) is 10.7 Å². The second-order valence-corrected chi connectivity index (χ2v) is 10.2. The number of hydrogen-bond acceptors (Lipinski definition) is 3. The first-order valence-electron chi connectivity index (χ1n) is 13.1. The van der Waals surface area contributed by atoms with Gasteiger partial charge < -0.3 is 19.7 Å². The van der Waals surface area contributed by atoms with Crippen molar-refractivity contribution in [3.05, 3.63) is 107 Å². The van der Waals surface area contributed by atoms with Gasteiger partial charge in [0, 0.05) is 47.7 Å². The first-order valence-corrected chi connectivity index (χ1v) is 13.6. The first-order chi connectivity index (χ1) is 18.3. The van der Waals surface area contributed by atoms with Crippen LogP contribution in [-0.4, -0.2) is 27.8 Å². The van der Waals surface area contributed by atoms with Gasteiger partial charge in [0.25, 0.3) is 0 Å². The summed E-state index contributed by atoms with van der Waals surface area (Å²) < 4.78 is 16.5. The molecule has 4 aromatic rings. The number of rotatable bonds is 7. The molecule has 7 heteroatoms. The molecule has 1 saturated heterocycles. The van der Waals surface area contributed by atoms with Gasteiger partial charge in [-0.05, 0) is 119 Å². The molecule has 1 aliphatic rings. The fourth-order valence-corrected chi connectivity index (χ4v) is 5.96. The zero-order chi connectivity index (χ0) is 27.0. The van der Waals surface area contributed by atoms with Crippen molar-refractivity contribution in [3.63, 3.8) is 0 Å². The quantitative estimate of drug-likeness (QED) is 0.263. The first kappa shape index (κ1) is 25.9. The summed E-state index contributed by atoms with van der Waals surface area (Å²) in [6, 6.07) is 21.8. The molecule has 0 unspecified atom stereocenters. The van der Waals surface area contributed by atoms with Crippen LogP contribution >= 0.6 is 12.2 Å². The van der Waals surface area contributed by atoms with Crippen molar-refractivity contribution in [1.82, 2.24) is 14.9 Å². The molecule has 2 atom stereocenters. The topological polar surface area (TPSA) is 36.3 Å². The van der Waals surface area contributed by atoms with Crippen molar-refractivity contribution < 1.29 is 4.39 Å². The smallest absolute Gasteiger partial charge is 0.174 e. The molecular formula is C31H34FN5S. The average molecular weight is 528 g/mol. The van der Waals surface area contributed by atoms with Gasteiger partial charge in [-0.1, -0.05) is 6.07 Å². The summed E-state index contributed by atoms with van der Waals surface area (Å²) in [6.07, 6.45) is 1.81. The van der Waals surface area contributed by atoms with Gasteiger partial charge in [0.1, 0.15) is 5.82 Å². The standard InChI is InChI=1S/C31H34FN5S/c1-6-35(7-2)23-11-13-24(14-12-23)36-21(4)19-26(22(36)5)30-29(28-10-8-9-17-33-28)34-31(38)37(30)25-15-16-27(32)20(3)18-25/h8-19,29-30H,6-7H2,1-5H3,(H,34,38)/t29-,30+/m0/s1. The highest BCUT2D eigenvalue weighted by Crippen LogP contribution is 2.44. The van der Waals surface area contributed by atoms with E-state index in [2.05, 4.69) is 82.7 Å². The average Bonchev–Trinajstić information content (AvgIpc) is 3.42. The van der Waals surface area contributed by atoms with E-state index in [9.17, 15) is 4.39 Å². The van der Waals surface area contributed by atoms with E-state index in [-0.39, 0.29) is 17.9 Å². The monoisotopic (exact) mass is 527 g/mol. The minimum absolute atomic E-state index is 0.155. The van der Waals surface area contributed by atoms with E-state index in [4.69, 9.17) is 12.2 Å². The summed E-state index contributed by atoms with van der Waals surface area (Å²) in [5, 5.41) is 4.12. The SMILES string of the molecule is CCN(CC)c1ccc(-n2c(C)cc([C@@H]3[C@H](c4ccccn4)NC(=S)N3c3ccc(F)c(C)c3)c2C)cc1. The van der Waals surface area contributed by atoms with E-state index < -0.39 is 0 Å². The molecule has 2 aromatic heterocycles. The van der Waals surface area contributed by atoms with Crippen LogP contribution in [0.3, 0.4) is 0 Å². The van der Waals surface area contributed by atoms with Crippen LogP contribution in [0.2, 0.25) is 0 Å². The van der Waals surface area contributed by atoms with Crippen LogP contribution in [0.1, 0.15) is 54.1 Å². The van der Waals surface area contributed by atoms with Crippen molar-refractivity contribution in [2.45, 2.75) is 46.7 Å². The highest BCUT2D eigenvalue weighted by atomic mass is 32.1. The van der Waals surface area contributed by atoms with Crippen molar-refractivity contribution in [1.29, 1.82) is 0 Å². The maximum Gasteiger partial charge on any atom is 0.174 e. The molecule has 0 amide bonds. The number of anilines is 2. The van der Waals surface area contributed by atoms with Gasteiger partial charge in [0.2, 0.25) is 0 Å². The Balaban J connectivity index is 1.62. The number of hydrogen-bond donors (Lipinski definition) is 1. The van der Waals surface area contributed by atoms with Gasteiger partial charge in [0.05, 0.1) is 17.8 Å². The molecule has 0 aliphatic carbocycles. The Bertz CT molecular complexity index is 1440.